The number of carbonyl (C=O) groups is 2. The summed E-state index contributed by atoms with van der Waals surface area (Å²) in [4.78, 5) is 28.1. The van der Waals surface area contributed by atoms with Gasteiger partial charge in [-0.2, -0.15) is 0 Å². The maximum Gasteiger partial charge on any atom is 0.253 e. The molecule has 3 rings (SSSR count). The zero-order valence-corrected chi connectivity index (χ0v) is 16.0. The highest BCUT2D eigenvalue weighted by atomic mass is 32.1. The van der Waals surface area contributed by atoms with E-state index in [1.165, 1.54) is 4.88 Å². The highest BCUT2D eigenvalue weighted by molar-refractivity contribution is 7.09. The van der Waals surface area contributed by atoms with E-state index in [1.54, 1.807) is 11.3 Å². The van der Waals surface area contributed by atoms with Crippen LogP contribution in [0.25, 0.3) is 0 Å². The number of nitrogens with zero attached hydrogens (tertiary/aromatic N) is 1. The van der Waals surface area contributed by atoms with Crippen molar-refractivity contribution in [3.05, 3.63) is 58.3 Å². The van der Waals surface area contributed by atoms with Crippen molar-refractivity contribution >= 4 is 23.2 Å². The Morgan fingerprint density at radius 3 is 2.65 bits per heavy atom. The third-order valence-corrected chi connectivity index (χ3v) is 6.09. The standard InChI is InChI=1S/C21H26N2O2S/c1-2-16-15-23(21(25)17-7-4-3-5-8-17)11-10-18(16)13-20(24)22-14-19-9-6-12-26-19/h3-9,12,16,18H,2,10-11,13-15H2,1H3,(H,22,24). The molecule has 2 atom stereocenters. The molecule has 4 nitrogen and oxygen atoms in total. The first-order valence-electron chi connectivity index (χ1n) is 9.30. The molecule has 2 unspecified atom stereocenters. The summed E-state index contributed by atoms with van der Waals surface area (Å²) in [7, 11) is 0. The number of likely N-dealkylation sites (tertiary alicyclic amines) is 1. The van der Waals surface area contributed by atoms with Gasteiger partial charge in [0.1, 0.15) is 0 Å². The number of thiophene rings is 1. The number of benzene rings is 1. The number of rotatable bonds is 6. The summed E-state index contributed by atoms with van der Waals surface area (Å²) in [5, 5.41) is 5.05. The highest BCUT2D eigenvalue weighted by Crippen LogP contribution is 2.29. The monoisotopic (exact) mass is 370 g/mol. The number of hydrogen-bond acceptors (Lipinski definition) is 3. The first kappa shape index (κ1) is 18.6. The summed E-state index contributed by atoms with van der Waals surface area (Å²) in [6, 6.07) is 13.5. The van der Waals surface area contributed by atoms with Crippen molar-refractivity contribution in [2.75, 3.05) is 13.1 Å². The highest BCUT2D eigenvalue weighted by Gasteiger charge is 2.31. The van der Waals surface area contributed by atoms with E-state index >= 15 is 0 Å². The second kappa shape index (κ2) is 8.99. The molecule has 1 aromatic carbocycles. The largest absolute Gasteiger partial charge is 0.351 e. The molecule has 26 heavy (non-hydrogen) atoms. The van der Waals surface area contributed by atoms with Crippen LogP contribution in [0.2, 0.25) is 0 Å². The summed E-state index contributed by atoms with van der Waals surface area (Å²) < 4.78 is 0. The molecule has 1 aliphatic rings. The van der Waals surface area contributed by atoms with Crippen LogP contribution in [0.4, 0.5) is 0 Å². The molecule has 2 heterocycles. The van der Waals surface area contributed by atoms with Crippen molar-refractivity contribution < 1.29 is 9.59 Å². The molecule has 0 bridgehead atoms. The van der Waals surface area contributed by atoms with E-state index in [9.17, 15) is 9.59 Å². The zero-order chi connectivity index (χ0) is 18.4. The molecule has 2 aromatic rings. The molecule has 1 aromatic heterocycles. The van der Waals surface area contributed by atoms with Gasteiger partial charge in [-0.3, -0.25) is 9.59 Å². The minimum Gasteiger partial charge on any atom is -0.351 e. The minimum atomic E-state index is 0.102. The lowest BCUT2D eigenvalue weighted by atomic mass is 9.81. The zero-order valence-electron chi connectivity index (χ0n) is 15.2. The molecule has 1 aliphatic heterocycles. The average Bonchev–Trinajstić information content (AvgIpc) is 3.20. The van der Waals surface area contributed by atoms with Crippen molar-refractivity contribution in [1.29, 1.82) is 0 Å². The van der Waals surface area contributed by atoms with Gasteiger partial charge in [0, 0.05) is 30.0 Å². The van der Waals surface area contributed by atoms with Crippen LogP contribution in [0, 0.1) is 11.8 Å². The Morgan fingerprint density at radius 2 is 1.96 bits per heavy atom. The third-order valence-electron chi connectivity index (χ3n) is 5.21. The van der Waals surface area contributed by atoms with Gasteiger partial charge in [0.2, 0.25) is 5.91 Å². The number of hydrogen-bond donors (Lipinski definition) is 1. The van der Waals surface area contributed by atoms with E-state index in [0.29, 0.717) is 24.8 Å². The quantitative estimate of drug-likeness (QED) is 0.837. The summed E-state index contributed by atoms with van der Waals surface area (Å²) in [6.07, 6.45) is 2.43. The Bertz CT molecular complexity index is 715. The molecule has 2 amide bonds. The fraction of sp³-hybridized carbons (Fsp3) is 0.429. The van der Waals surface area contributed by atoms with E-state index in [0.717, 1.165) is 31.5 Å². The Hall–Kier alpha value is -2.14. The summed E-state index contributed by atoms with van der Waals surface area (Å²) in [5.41, 5.74) is 0.745. The number of nitrogens with one attached hydrogen (secondary N) is 1. The van der Waals surface area contributed by atoms with Crippen molar-refractivity contribution in [2.24, 2.45) is 11.8 Å². The average molecular weight is 371 g/mol. The maximum absolute atomic E-state index is 12.7. The van der Waals surface area contributed by atoms with Gasteiger partial charge in [-0.15, -0.1) is 11.3 Å². The topological polar surface area (TPSA) is 49.4 Å². The first-order valence-corrected chi connectivity index (χ1v) is 10.2. The van der Waals surface area contributed by atoms with Crippen LogP contribution in [0.3, 0.4) is 0 Å². The molecule has 1 saturated heterocycles. The molecule has 1 N–H and O–H groups in total. The van der Waals surface area contributed by atoms with Crippen LogP contribution < -0.4 is 5.32 Å². The SMILES string of the molecule is CCC1CN(C(=O)c2ccccc2)CCC1CC(=O)NCc1cccs1. The Morgan fingerprint density at radius 1 is 1.15 bits per heavy atom. The van der Waals surface area contributed by atoms with E-state index < -0.39 is 0 Å². The molecule has 0 radical (unpaired) electrons. The van der Waals surface area contributed by atoms with Gasteiger partial charge in [-0.1, -0.05) is 37.6 Å². The Balaban J connectivity index is 1.52. The van der Waals surface area contributed by atoms with Crippen LogP contribution >= 0.6 is 11.3 Å². The van der Waals surface area contributed by atoms with Crippen LogP contribution in [0.1, 0.15) is 41.4 Å². The molecule has 138 valence electrons. The fourth-order valence-electron chi connectivity index (χ4n) is 3.67. The Labute approximate surface area is 159 Å². The normalized spacial score (nSPS) is 20.0. The van der Waals surface area contributed by atoms with Gasteiger partial charge in [0.15, 0.2) is 0 Å². The maximum atomic E-state index is 12.7. The van der Waals surface area contributed by atoms with Crippen LogP contribution in [-0.4, -0.2) is 29.8 Å². The minimum absolute atomic E-state index is 0.102. The van der Waals surface area contributed by atoms with Crippen LogP contribution in [0.5, 0.6) is 0 Å². The predicted molar refractivity (Wildman–Crippen MR) is 105 cm³/mol. The number of amides is 2. The third kappa shape index (κ3) is 4.73. The molecule has 0 aliphatic carbocycles. The van der Waals surface area contributed by atoms with E-state index in [2.05, 4.69) is 12.2 Å². The first-order chi connectivity index (χ1) is 12.7. The second-order valence-corrected chi connectivity index (χ2v) is 7.93. The van der Waals surface area contributed by atoms with Gasteiger partial charge < -0.3 is 10.2 Å². The fourth-order valence-corrected chi connectivity index (χ4v) is 4.31. The smallest absolute Gasteiger partial charge is 0.253 e. The number of piperidine rings is 1. The van der Waals surface area contributed by atoms with Crippen molar-refractivity contribution in [3.8, 4) is 0 Å². The number of carbonyl (C=O) groups excluding carboxylic acids is 2. The molecule has 5 heteroatoms. The second-order valence-electron chi connectivity index (χ2n) is 6.89. The van der Waals surface area contributed by atoms with Crippen molar-refractivity contribution in [1.82, 2.24) is 10.2 Å². The molecule has 0 spiro atoms. The van der Waals surface area contributed by atoms with Crippen molar-refractivity contribution in [2.45, 2.75) is 32.7 Å². The predicted octanol–water partition coefficient (Wildman–Crippen LogP) is 3.94. The molecular weight excluding hydrogens is 344 g/mol. The van der Waals surface area contributed by atoms with Gasteiger partial charge in [0.25, 0.3) is 5.91 Å². The Kier molecular flexibility index (Phi) is 6.45. The summed E-state index contributed by atoms with van der Waals surface area (Å²) in [5.74, 6) is 0.946. The van der Waals surface area contributed by atoms with Crippen LogP contribution in [0.15, 0.2) is 47.8 Å². The van der Waals surface area contributed by atoms with E-state index in [4.69, 9.17) is 0 Å². The summed E-state index contributed by atoms with van der Waals surface area (Å²) >= 11 is 1.66. The van der Waals surface area contributed by atoms with Crippen LogP contribution in [-0.2, 0) is 11.3 Å². The van der Waals surface area contributed by atoms with E-state index in [-0.39, 0.29) is 11.8 Å². The lowest BCUT2D eigenvalue weighted by Crippen LogP contribution is -2.44. The summed E-state index contributed by atoms with van der Waals surface area (Å²) in [6.45, 7) is 4.23. The molecule has 0 saturated carbocycles. The van der Waals surface area contributed by atoms with Gasteiger partial charge in [-0.25, -0.2) is 0 Å². The lowest BCUT2D eigenvalue weighted by molar-refractivity contribution is -0.123. The lowest BCUT2D eigenvalue weighted by Gasteiger charge is -2.38. The van der Waals surface area contributed by atoms with Gasteiger partial charge >= 0.3 is 0 Å². The van der Waals surface area contributed by atoms with Gasteiger partial charge in [-0.05, 0) is 41.8 Å². The van der Waals surface area contributed by atoms with Gasteiger partial charge in [0.05, 0.1) is 6.54 Å². The van der Waals surface area contributed by atoms with E-state index in [1.807, 2.05) is 52.7 Å². The molecular formula is C21H26N2O2S. The van der Waals surface area contributed by atoms with Crippen molar-refractivity contribution in [3.63, 3.8) is 0 Å². The molecule has 1 fully saturated rings.